The summed E-state index contributed by atoms with van der Waals surface area (Å²) >= 11 is 5.76. The molecule has 1 aromatic rings. The van der Waals surface area contributed by atoms with Gasteiger partial charge in [0.05, 0.1) is 5.69 Å². The Hall–Kier alpha value is -2.32. The largest absolute Gasteiger partial charge is 0.340 e. The van der Waals surface area contributed by atoms with Gasteiger partial charge in [-0.25, -0.2) is 0 Å². The van der Waals surface area contributed by atoms with Crippen molar-refractivity contribution in [2.45, 2.75) is 64.8 Å². The first-order valence-electron chi connectivity index (χ1n) is 12.5. The Kier molecular flexibility index (Phi) is 7.38. The van der Waals surface area contributed by atoms with Gasteiger partial charge in [0.1, 0.15) is 5.54 Å². The summed E-state index contributed by atoms with van der Waals surface area (Å²) in [5.74, 6) is 0.342. The maximum atomic E-state index is 13.3. The number of benzene rings is 1. The molecule has 0 N–H and O–H groups in total. The summed E-state index contributed by atoms with van der Waals surface area (Å²) in [5.41, 5.74) is 1.88. The van der Waals surface area contributed by atoms with Crippen molar-refractivity contribution in [1.82, 2.24) is 14.7 Å². The third kappa shape index (κ3) is 4.89. The van der Waals surface area contributed by atoms with Gasteiger partial charge >= 0.3 is 0 Å². The molecule has 0 spiro atoms. The van der Waals surface area contributed by atoms with Crippen molar-refractivity contribution >= 4 is 40.6 Å². The molecule has 2 aliphatic heterocycles. The van der Waals surface area contributed by atoms with Crippen LogP contribution >= 0.6 is 12.2 Å². The van der Waals surface area contributed by atoms with Crippen molar-refractivity contribution in [3.63, 3.8) is 0 Å². The minimum absolute atomic E-state index is 0.00789. The molecule has 0 aromatic heterocycles. The molecule has 0 bridgehead atoms. The molecule has 34 heavy (non-hydrogen) atoms. The van der Waals surface area contributed by atoms with Crippen molar-refractivity contribution in [3.8, 4) is 0 Å². The molecule has 184 valence electrons. The van der Waals surface area contributed by atoms with Crippen LogP contribution in [0.25, 0.3) is 0 Å². The first kappa shape index (κ1) is 24.8. The van der Waals surface area contributed by atoms with Crippen LogP contribution in [0.3, 0.4) is 0 Å². The van der Waals surface area contributed by atoms with Gasteiger partial charge in [-0.3, -0.25) is 24.2 Å². The Balaban J connectivity index is 1.25. The summed E-state index contributed by atoms with van der Waals surface area (Å²) in [7, 11) is 0. The zero-order chi connectivity index (χ0) is 24.5. The highest BCUT2D eigenvalue weighted by Crippen LogP contribution is 2.35. The average molecular weight is 485 g/mol. The van der Waals surface area contributed by atoms with Crippen LogP contribution < -0.4 is 4.90 Å². The molecule has 7 nitrogen and oxygen atoms in total. The van der Waals surface area contributed by atoms with Crippen LogP contribution in [0.15, 0.2) is 18.2 Å². The summed E-state index contributed by atoms with van der Waals surface area (Å²) in [6.45, 7) is 11.0. The quantitative estimate of drug-likeness (QED) is 0.417. The van der Waals surface area contributed by atoms with Gasteiger partial charge in [-0.2, -0.15) is 0 Å². The Morgan fingerprint density at radius 3 is 2.32 bits per heavy atom. The summed E-state index contributed by atoms with van der Waals surface area (Å²) in [6.07, 6.45) is 5.65. The minimum Gasteiger partial charge on any atom is -0.340 e. The second kappa shape index (κ2) is 10.1. The van der Waals surface area contributed by atoms with Crippen molar-refractivity contribution in [3.05, 3.63) is 29.3 Å². The number of Topliss-reactive ketones (excluding diaryl/α,β-unsaturated/α-hetero) is 1. The van der Waals surface area contributed by atoms with E-state index in [0.717, 1.165) is 88.2 Å². The fraction of sp³-hybridized carbons (Fsp3) is 0.615. The second-order valence-electron chi connectivity index (χ2n) is 10.2. The van der Waals surface area contributed by atoms with E-state index in [1.165, 1.54) is 0 Å². The number of amides is 2. The monoisotopic (exact) mass is 484 g/mol. The lowest BCUT2D eigenvalue weighted by atomic mass is 10.0. The maximum absolute atomic E-state index is 13.3. The number of ketones is 1. The van der Waals surface area contributed by atoms with Crippen molar-refractivity contribution in [2.24, 2.45) is 0 Å². The number of anilines is 1. The highest BCUT2D eigenvalue weighted by atomic mass is 32.1. The fourth-order valence-electron chi connectivity index (χ4n) is 5.26. The molecule has 1 aliphatic carbocycles. The topological polar surface area (TPSA) is 64.2 Å². The predicted molar refractivity (Wildman–Crippen MR) is 137 cm³/mol. The van der Waals surface area contributed by atoms with Crippen LogP contribution in [0.1, 0.15) is 68.8 Å². The molecular weight excluding hydrogens is 448 g/mol. The standard InChI is InChI=1S/C26H36N4O3S/c1-19(31)28-16-14-27(15-17-28)12-6-4-5-7-13-29-25(34)30(24(33)26(29,2)3)21-9-10-22-20(18-21)8-11-23(22)32/h9-10,18H,4-8,11-17H2,1-3H3. The van der Waals surface area contributed by atoms with Gasteiger partial charge in [-0.1, -0.05) is 12.8 Å². The van der Waals surface area contributed by atoms with Gasteiger partial charge in [-0.05, 0) is 75.6 Å². The van der Waals surface area contributed by atoms with E-state index in [2.05, 4.69) is 9.80 Å². The van der Waals surface area contributed by atoms with Crippen molar-refractivity contribution in [2.75, 3.05) is 44.2 Å². The molecule has 0 saturated carbocycles. The lowest BCUT2D eigenvalue weighted by molar-refractivity contribution is -0.130. The number of unbranched alkanes of at least 4 members (excludes halogenated alkanes) is 3. The Morgan fingerprint density at radius 2 is 1.65 bits per heavy atom. The van der Waals surface area contributed by atoms with Crippen LogP contribution in [0, 0.1) is 0 Å². The van der Waals surface area contributed by atoms with E-state index in [1.807, 2.05) is 36.9 Å². The molecule has 2 saturated heterocycles. The SMILES string of the molecule is CC(=O)N1CCN(CCCCCCN2C(=S)N(c3ccc4c(c3)CCC4=O)C(=O)C2(C)C)CC1. The summed E-state index contributed by atoms with van der Waals surface area (Å²) in [6, 6.07) is 5.65. The smallest absolute Gasteiger partial charge is 0.258 e. The number of hydrogen-bond donors (Lipinski definition) is 0. The summed E-state index contributed by atoms with van der Waals surface area (Å²) in [4.78, 5) is 44.8. The van der Waals surface area contributed by atoms with E-state index >= 15 is 0 Å². The van der Waals surface area contributed by atoms with Crippen LogP contribution in [0.4, 0.5) is 5.69 Å². The van der Waals surface area contributed by atoms with Gasteiger partial charge < -0.3 is 9.80 Å². The van der Waals surface area contributed by atoms with Gasteiger partial charge in [-0.15, -0.1) is 0 Å². The molecule has 8 heteroatoms. The molecule has 2 heterocycles. The van der Waals surface area contributed by atoms with Crippen LogP contribution in [0.2, 0.25) is 0 Å². The third-order valence-electron chi connectivity index (χ3n) is 7.52. The van der Waals surface area contributed by atoms with Gasteiger partial charge in [0.2, 0.25) is 5.91 Å². The zero-order valence-corrected chi connectivity index (χ0v) is 21.5. The van der Waals surface area contributed by atoms with Crippen LogP contribution in [-0.2, 0) is 16.0 Å². The predicted octanol–water partition coefficient (Wildman–Crippen LogP) is 3.25. The maximum Gasteiger partial charge on any atom is 0.258 e. The summed E-state index contributed by atoms with van der Waals surface area (Å²) < 4.78 is 0. The number of rotatable bonds is 8. The van der Waals surface area contributed by atoms with Crippen molar-refractivity contribution in [1.29, 1.82) is 0 Å². The van der Waals surface area contributed by atoms with Crippen molar-refractivity contribution < 1.29 is 14.4 Å². The van der Waals surface area contributed by atoms with Crippen LogP contribution in [0.5, 0.6) is 0 Å². The first-order valence-corrected chi connectivity index (χ1v) is 12.9. The molecule has 0 unspecified atom stereocenters. The van der Waals surface area contributed by atoms with E-state index in [-0.39, 0.29) is 17.6 Å². The summed E-state index contributed by atoms with van der Waals surface area (Å²) in [5, 5.41) is 0.558. The van der Waals surface area contributed by atoms with E-state index in [1.54, 1.807) is 11.8 Å². The van der Waals surface area contributed by atoms with Gasteiger partial charge in [0.25, 0.3) is 5.91 Å². The number of hydrogen-bond acceptors (Lipinski definition) is 5. The molecule has 0 radical (unpaired) electrons. The molecule has 2 amide bonds. The van der Waals surface area contributed by atoms with E-state index < -0.39 is 5.54 Å². The molecule has 4 rings (SSSR count). The molecule has 0 atom stereocenters. The number of aryl methyl sites for hydroxylation is 1. The zero-order valence-electron chi connectivity index (χ0n) is 20.6. The number of carbonyl (C=O) groups is 3. The second-order valence-corrected chi connectivity index (χ2v) is 10.5. The number of nitrogens with zero attached hydrogens (tertiary/aromatic N) is 4. The molecule has 2 fully saturated rings. The number of piperazine rings is 1. The third-order valence-corrected chi connectivity index (χ3v) is 7.92. The van der Waals surface area contributed by atoms with E-state index in [9.17, 15) is 14.4 Å². The van der Waals surface area contributed by atoms with E-state index in [4.69, 9.17) is 12.2 Å². The highest BCUT2D eigenvalue weighted by Gasteiger charge is 2.49. The number of thiocarbonyl (C=S) groups is 1. The normalized spacial score (nSPS) is 20.4. The Morgan fingerprint density at radius 1 is 0.971 bits per heavy atom. The van der Waals surface area contributed by atoms with Gasteiger partial charge in [0.15, 0.2) is 10.9 Å². The van der Waals surface area contributed by atoms with Gasteiger partial charge in [0, 0.05) is 51.6 Å². The lowest BCUT2D eigenvalue weighted by Crippen LogP contribution is -2.48. The first-order chi connectivity index (χ1) is 16.2. The highest BCUT2D eigenvalue weighted by molar-refractivity contribution is 7.80. The number of fused-ring (bicyclic) bond motifs is 1. The molecular formula is C26H36N4O3S. The average Bonchev–Trinajstić information content (AvgIpc) is 3.25. The fourth-order valence-corrected chi connectivity index (χ4v) is 5.77. The lowest BCUT2D eigenvalue weighted by Gasteiger charge is -2.34. The molecule has 3 aliphatic rings. The molecule has 1 aromatic carbocycles. The Labute approximate surface area is 208 Å². The Bertz CT molecular complexity index is 984. The van der Waals surface area contributed by atoms with E-state index in [0.29, 0.717) is 11.5 Å². The van der Waals surface area contributed by atoms with Crippen LogP contribution in [-0.4, -0.2) is 82.2 Å². The minimum atomic E-state index is -0.678. The number of carbonyl (C=O) groups excluding carboxylic acids is 3.